The van der Waals surface area contributed by atoms with E-state index >= 15 is 0 Å². The van der Waals surface area contributed by atoms with Crippen LogP contribution in [0.1, 0.15) is 18.4 Å². The average molecular weight is 321 g/mol. The maximum atomic E-state index is 5.78. The molecule has 6 nitrogen and oxygen atoms in total. The molecular formula is C18H19N5O. The summed E-state index contributed by atoms with van der Waals surface area (Å²) in [4.78, 5) is 8.89. The number of hydrogen-bond acceptors (Lipinski definition) is 5. The van der Waals surface area contributed by atoms with Crippen LogP contribution in [0.15, 0.2) is 42.6 Å². The number of aryl methyl sites for hydroxylation is 2. The van der Waals surface area contributed by atoms with Crippen LogP contribution in [0.4, 0.5) is 11.8 Å². The Morgan fingerprint density at radius 2 is 1.96 bits per heavy atom. The molecule has 24 heavy (non-hydrogen) atoms. The minimum Gasteiger partial charge on any atom is -0.490 e. The predicted octanol–water partition coefficient (Wildman–Crippen LogP) is 3.47. The van der Waals surface area contributed by atoms with Gasteiger partial charge in [0.25, 0.3) is 0 Å². The second-order valence-electron chi connectivity index (χ2n) is 6.02. The van der Waals surface area contributed by atoms with Gasteiger partial charge in [-0.3, -0.25) is 0 Å². The van der Waals surface area contributed by atoms with E-state index in [1.165, 1.54) is 0 Å². The highest BCUT2D eigenvalue weighted by Crippen LogP contribution is 2.28. The minimum atomic E-state index is 0.406. The fourth-order valence-electron chi connectivity index (χ4n) is 2.47. The summed E-state index contributed by atoms with van der Waals surface area (Å²) in [6.07, 6.45) is 4.47. The van der Waals surface area contributed by atoms with Crippen molar-refractivity contribution >= 4 is 11.8 Å². The quantitative estimate of drug-likeness (QED) is 0.779. The van der Waals surface area contributed by atoms with Crippen molar-refractivity contribution in [1.82, 2.24) is 19.7 Å². The van der Waals surface area contributed by atoms with Crippen LogP contribution in [0.5, 0.6) is 5.75 Å². The molecule has 0 unspecified atom stereocenters. The highest BCUT2D eigenvalue weighted by atomic mass is 16.5. The molecule has 6 heteroatoms. The number of nitrogens with one attached hydrogen (secondary N) is 1. The van der Waals surface area contributed by atoms with E-state index < -0.39 is 0 Å². The summed E-state index contributed by atoms with van der Waals surface area (Å²) in [5, 5.41) is 7.60. The number of anilines is 2. The Bertz CT molecular complexity index is 852. The lowest BCUT2D eigenvalue weighted by Gasteiger charge is -2.05. The molecule has 1 fully saturated rings. The fourth-order valence-corrected chi connectivity index (χ4v) is 2.47. The van der Waals surface area contributed by atoms with Gasteiger partial charge in [-0.05, 0) is 55.7 Å². The van der Waals surface area contributed by atoms with Crippen LogP contribution in [0.25, 0.3) is 11.4 Å². The molecular weight excluding hydrogens is 302 g/mol. The van der Waals surface area contributed by atoms with Crippen molar-refractivity contribution in [3.05, 3.63) is 48.2 Å². The first-order chi connectivity index (χ1) is 11.7. The Balaban J connectivity index is 1.55. The number of benzene rings is 1. The summed E-state index contributed by atoms with van der Waals surface area (Å²) >= 11 is 0. The highest BCUT2D eigenvalue weighted by Gasteiger charge is 2.23. The fraction of sp³-hybridized carbons (Fsp3) is 0.278. The van der Waals surface area contributed by atoms with Crippen LogP contribution >= 0.6 is 0 Å². The maximum Gasteiger partial charge on any atom is 0.248 e. The molecule has 0 aliphatic heterocycles. The lowest BCUT2D eigenvalue weighted by molar-refractivity contribution is 0.303. The second kappa shape index (κ2) is 5.96. The van der Waals surface area contributed by atoms with Crippen molar-refractivity contribution in [2.24, 2.45) is 7.05 Å². The first-order valence-corrected chi connectivity index (χ1v) is 8.06. The van der Waals surface area contributed by atoms with Crippen LogP contribution in [0.2, 0.25) is 0 Å². The van der Waals surface area contributed by atoms with Crippen LogP contribution in [0.3, 0.4) is 0 Å². The van der Waals surface area contributed by atoms with E-state index in [-0.39, 0.29) is 0 Å². The SMILES string of the molecule is Cc1cccnc1Nc1nc(-c2ccc(OC3CC3)cc2)n(C)n1. The van der Waals surface area contributed by atoms with E-state index in [1.54, 1.807) is 10.9 Å². The van der Waals surface area contributed by atoms with Gasteiger partial charge < -0.3 is 10.1 Å². The first-order valence-electron chi connectivity index (χ1n) is 8.06. The van der Waals surface area contributed by atoms with E-state index in [9.17, 15) is 0 Å². The molecule has 3 aromatic rings. The van der Waals surface area contributed by atoms with Gasteiger partial charge in [-0.1, -0.05) is 6.07 Å². The van der Waals surface area contributed by atoms with Gasteiger partial charge in [0.05, 0.1) is 6.10 Å². The lowest BCUT2D eigenvalue weighted by Crippen LogP contribution is -1.98. The molecule has 0 amide bonds. The zero-order valence-corrected chi connectivity index (χ0v) is 13.7. The second-order valence-corrected chi connectivity index (χ2v) is 6.02. The van der Waals surface area contributed by atoms with E-state index in [0.717, 1.165) is 41.4 Å². The molecule has 0 atom stereocenters. The average Bonchev–Trinajstić information content (AvgIpc) is 3.32. The Hall–Kier alpha value is -2.89. The normalized spacial score (nSPS) is 13.8. The van der Waals surface area contributed by atoms with E-state index in [2.05, 4.69) is 20.4 Å². The molecule has 2 aromatic heterocycles. The molecule has 0 spiro atoms. The van der Waals surface area contributed by atoms with Crippen molar-refractivity contribution in [3.63, 3.8) is 0 Å². The summed E-state index contributed by atoms with van der Waals surface area (Å²) in [7, 11) is 1.88. The number of rotatable bonds is 5. The molecule has 2 heterocycles. The summed E-state index contributed by atoms with van der Waals surface area (Å²) in [6, 6.07) is 11.9. The standard InChI is InChI=1S/C18H19N5O/c1-12-4-3-11-19-16(12)20-18-21-17(23(2)22-18)13-5-7-14(8-6-13)24-15-9-10-15/h3-8,11,15H,9-10H2,1-2H3,(H,19,20,22). The highest BCUT2D eigenvalue weighted by molar-refractivity contribution is 5.60. The van der Waals surface area contributed by atoms with Gasteiger partial charge in [-0.25, -0.2) is 9.67 Å². The van der Waals surface area contributed by atoms with Crippen molar-refractivity contribution in [1.29, 1.82) is 0 Å². The molecule has 0 bridgehead atoms. The zero-order valence-electron chi connectivity index (χ0n) is 13.7. The Morgan fingerprint density at radius 1 is 1.17 bits per heavy atom. The summed E-state index contributed by atoms with van der Waals surface area (Å²) < 4.78 is 7.54. The summed E-state index contributed by atoms with van der Waals surface area (Å²) in [5.74, 6) is 3.00. The monoisotopic (exact) mass is 321 g/mol. The smallest absolute Gasteiger partial charge is 0.248 e. The van der Waals surface area contributed by atoms with Crippen molar-refractivity contribution in [2.75, 3.05) is 5.32 Å². The Morgan fingerprint density at radius 3 is 2.67 bits per heavy atom. The molecule has 1 aliphatic rings. The number of aromatic nitrogens is 4. The van der Waals surface area contributed by atoms with Gasteiger partial charge in [0.2, 0.25) is 5.95 Å². The van der Waals surface area contributed by atoms with Crippen LogP contribution in [-0.4, -0.2) is 25.9 Å². The summed E-state index contributed by atoms with van der Waals surface area (Å²) in [6.45, 7) is 2.00. The van der Waals surface area contributed by atoms with Gasteiger partial charge in [0, 0.05) is 18.8 Å². The lowest BCUT2D eigenvalue weighted by atomic mass is 10.2. The minimum absolute atomic E-state index is 0.406. The number of nitrogens with zero attached hydrogens (tertiary/aromatic N) is 4. The van der Waals surface area contributed by atoms with E-state index in [4.69, 9.17) is 4.74 Å². The molecule has 1 N–H and O–H groups in total. The topological polar surface area (TPSA) is 64.9 Å². The Kier molecular flexibility index (Phi) is 3.65. The van der Waals surface area contributed by atoms with Gasteiger partial charge in [0.1, 0.15) is 11.6 Å². The molecule has 4 rings (SSSR count). The molecule has 1 aliphatic carbocycles. The number of pyridine rings is 1. The molecule has 122 valence electrons. The van der Waals surface area contributed by atoms with Crippen molar-refractivity contribution < 1.29 is 4.74 Å². The van der Waals surface area contributed by atoms with Gasteiger partial charge in [-0.2, -0.15) is 4.98 Å². The van der Waals surface area contributed by atoms with E-state index in [0.29, 0.717) is 12.1 Å². The largest absolute Gasteiger partial charge is 0.490 e. The van der Waals surface area contributed by atoms with Gasteiger partial charge in [0.15, 0.2) is 5.82 Å². The number of ether oxygens (including phenoxy) is 1. The Labute approximate surface area is 140 Å². The zero-order chi connectivity index (χ0) is 16.5. The third-order valence-corrected chi connectivity index (χ3v) is 3.94. The predicted molar refractivity (Wildman–Crippen MR) is 92.3 cm³/mol. The van der Waals surface area contributed by atoms with Crippen LogP contribution in [-0.2, 0) is 7.05 Å². The molecule has 0 radical (unpaired) electrons. The number of hydrogen-bond donors (Lipinski definition) is 1. The molecule has 0 saturated heterocycles. The first kappa shape index (κ1) is 14.7. The van der Waals surface area contributed by atoms with Gasteiger partial charge in [-0.15, -0.1) is 5.10 Å². The van der Waals surface area contributed by atoms with Crippen LogP contribution < -0.4 is 10.1 Å². The molecule has 1 aromatic carbocycles. The third kappa shape index (κ3) is 3.08. The van der Waals surface area contributed by atoms with Gasteiger partial charge >= 0.3 is 0 Å². The summed E-state index contributed by atoms with van der Waals surface area (Å²) in [5.41, 5.74) is 2.05. The van der Waals surface area contributed by atoms with Crippen molar-refractivity contribution in [3.8, 4) is 17.1 Å². The van der Waals surface area contributed by atoms with Crippen molar-refractivity contribution in [2.45, 2.75) is 25.9 Å². The molecule has 1 saturated carbocycles. The van der Waals surface area contributed by atoms with Crippen LogP contribution in [0, 0.1) is 6.92 Å². The third-order valence-electron chi connectivity index (χ3n) is 3.94. The van der Waals surface area contributed by atoms with E-state index in [1.807, 2.05) is 50.4 Å². The maximum absolute atomic E-state index is 5.78.